The van der Waals surface area contributed by atoms with E-state index >= 15 is 0 Å². The molecule has 5 rings (SSSR count). The minimum absolute atomic E-state index is 0.116. The Morgan fingerprint density at radius 1 is 0.976 bits per heavy atom. The maximum absolute atomic E-state index is 13.4. The summed E-state index contributed by atoms with van der Waals surface area (Å²) >= 11 is 0. The molecule has 0 spiro atoms. The molecule has 4 aromatic rings. The van der Waals surface area contributed by atoms with Crippen LogP contribution in [0.4, 0.5) is 11.4 Å². The molecule has 1 aromatic heterocycles. The molecule has 0 saturated carbocycles. The van der Waals surface area contributed by atoms with Crippen molar-refractivity contribution in [3.63, 3.8) is 0 Å². The third-order valence-corrected chi connectivity index (χ3v) is 7.19. The first-order valence-electron chi connectivity index (χ1n) is 13.2. The van der Waals surface area contributed by atoms with E-state index in [2.05, 4.69) is 20.9 Å². The molecule has 212 valence electrons. The first kappa shape index (κ1) is 27.6. The first-order chi connectivity index (χ1) is 19.8. The molecule has 0 saturated heterocycles. The van der Waals surface area contributed by atoms with Gasteiger partial charge in [-0.1, -0.05) is 6.07 Å². The van der Waals surface area contributed by atoms with Gasteiger partial charge in [0, 0.05) is 35.3 Å². The van der Waals surface area contributed by atoms with Crippen LogP contribution in [0.5, 0.6) is 17.2 Å². The van der Waals surface area contributed by atoms with Crippen molar-refractivity contribution in [2.24, 2.45) is 0 Å². The lowest BCUT2D eigenvalue weighted by Gasteiger charge is -2.19. The van der Waals surface area contributed by atoms with Gasteiger partial charge in [0.25, 0.3) is 0 Å². The van der Waals surface area contributed by atoms with Gasteiger partial charge in [0.15, 0.2) is 11.5 Å². The minimum Gasteiger partial charge on any atom is -0.493 e. The van der Waals surface area contributed by atoms with Crippen molar-refractivity contribution >= 4 is 34.1 Å². The second-order valence-electron chi connectivity index (χ2n) is 9.78. The molecule has 0 bridgehead atoms. The van der Waals surface area contributed by atoms with E-state index in [1.807, 2.05) is 42.6 Å². The molecule has 1 aliphatic rings. The summed E-state index contributed by atoms with van der Waals surface area (Å²) in [6.07, 6.45) is 2.99. The molecule has 41 heavy (non-hydrogen) atoms. The predicted octanol–water partition coefficient (Wildman–Crippen LogP) is 4.39. The predicted molar refractivity (Wildman–Crippen MR) is 158 cm³/mol. The standard InChI is InChI=1S/C31H32N4O6/c1-17(36)34-24-8-5-19-14-27(39-2)30(40-3)31(41-4)29(19)21-7-10-25(26(37)15-22(21)24)33-16-28(38)35-20-6-9-23-18(13-20)11-12-32-23/h6-7,9-15,24,32H,5,8,16H2,1-4H3,(H,33,37)(H,34,36)(H,35,38). The number of H-pyrrole nitrogens is 1. The van der Waals surface area contributed by atoms with Crippen LogP contribution in [-0.4, -0.2) is 44.7 Å². The molecule has 4 N–H and O–H groups in total. The molecular formula is C31H32N4O6. The first-order valence-corrected chi connectivity index (χ1v) is 13.2. The van der Waals surface area contributed by atoms with Crippen molar-refractivity contribution in [1.82, 2.24) is 10.3 Å². The highest BCUT2D eigenvalue weighted by Crippen LogP contribution is 2.50. The minimum atomic E-state index is -0.420. The number of aromatic amines is 1. The summed E-state index contributed by atoms with van der Waals surface area (Å²) in [6.45, 7) is 1.33. The summed E-state index contributed by atoms with van der Waals surface area (Å²) in [6, 6.07) is 14.0. The Hall–Kier alpha value is -4.99. The van der Waals surface area contributed by atoms with Crippen LogP contribution in [0, 0.1) is 0 Å². The van der Waals surface area contributed by atoms with Gasteiger partial charge in [-0.2, -0.15) is 0 Å². The summed E-state index contributed by atoms with van der Waals surface area (Å²) in [5.74, 6) is 0.919. The third kappa shape index (κ3) is 5.54. The normalized spacial score (nSPS) is 13.8. The molecule has 3 aromatic carbocycles. The van der Waals surface area contributed by atoms with Gasteiger partial charge in [0.2, 0.25) is 23.0 Å². The number of rotatable bonds is 8. The maximum atomic E-state index is 13.4. The fraction of sp³-hybridized carbons (Fsp3) is 0.258. The van der Waals surface area contributed by atoms with E-state index in [-0.39, 0.29) is 29.5 Å². The van der Waals surface area contributed by atoms with Crippen LogP contribution in [0.3, 0.4) is 0 Å². The van der Waals surface area contributed by atoms with Crippen LogP contribution in [0.15, 0.2) is 59.5 Å². The van der Waals surface area contributed by atoms with E-state index in [0.29, 0.717) is 46.9 Å². The number of hydrogen-bond acceptors (Lipinski definition) is 7. The van der Waals surface area contributed by atoms with Crippen LogP contribution in [-0.2, 0) is 16.0 Å². The van der Waals surface area contributed by atoms with Crippen molar-refractivity contribution in [1.29, 1.82) is 0 Å². The topological polar surface area (TPSA) is 131 Å². The Kier molecular flexibility index (Phi) is 7.82. The number of anilines is 2. The van der Waals surface area contributed by atoms with Gasteiger partial charge < -0.3 is 35.1 Å². The fourth-order valence-corrected chi connectivity index (χ4v) is 5.37. The molecule has 0 radical (unpaired) electrons. The highest BCUT2D eigenvalue weighted by molar-refractivity contribution is 5.96. The monoisotopic (exact) mass is 556 g/mol. The lowest BCUT2D eigenvalue weighted by atomic mass is 9.95. The van der Waals surface area contributed by atoms with Gasteiger partial charge in [0.1, 0.15) is 0 Å². The summed E-state index contributed by atoms with van der Waals surface area (Å²) in [7, 11) is 4.65. The van der Waals surface area contributed by atoms with E-state index in [4.69, 9.17) is 14.2 Å². The summed E-state index contributed by atoms with van der Waals surface area (Å²) in [5.41, 5.74) is 4.61. The molecule has 1 heterocycles. The average Bonchev–Trinajstić information content (AvgIpc) is 3.30. The number of benzene rings is 2. The lowest BCUT2D eigenvalue weighted by molar-refractivity contribution is -0.119. The van der Waals surface area contributed by atoms with Crippen LogP contribution in [0.2, 0.25) is 0 Å². The number of aromatic nitrogens is 1. The molecule has 0 aliphatic heterocycles. The van der Waals surface area contributed by atoms with Gasteiger partial charge in [-0.25, -0.2) is 0 Å². The van der Waals surface area contributed by atoms with Crippen LogP contribution in [0.25, 0.3) is 22.0 Å². The van der Waals surface area contributed by atoms with Crippen LogP contribution >= 0.6 is 0 Å². The van der Waals surface area contributed by atoms with Crippen LogP contribution < -0.4 is 35.6 Å². The number of carbonyl (C=O) groups excluding carboxylic acids is 2. The maximum Gasteiger partial charge on any atom is 0.243 e. The lowest BCUT2D eigenvalue weighted by Crippen LogP contribution is -2.27. The number of carbonyl (C=O) groups is 2. The largest absolute Gasteiger partial charge is 0.493 e. The van der Waals surface area contributed by atoms with Gasteiger partial charge >= 0.3 is 0 Å². The van der Waals surface area contributed by atoms with Crippen molar-refractivity contribution < 1.29 is 23.8 Å². The molecule has 10 heteroatoms. The second-order valence-corrected chi connectivity index (χ2v) is 9.78. The van der Waals surface area contributed by atoms with Gasteiger partial charge in [0.05, 0.1) is 39.6 Å². The second kappa shape index (κ2) is 11.6. The number of aryl methyl sites for hydroxylation is 1. The Morgan fingerprint density at radius 2 is 1.78 bits per heavy atom. The summed E-state index contributed by atoms with van der Waals surface area (Å²) < 4.78 is 17.0. The van der Waals surface area contributed by atoms with Crippen LogP contribution in [0.1, 0.15) is 30.5 Å². The number of fused-ring (bicyclic) bond motifs is 4. The van der Waals surface area contributed by atoms with Crippen molar-refractivity contribution in [2.75, 3.05) is 38.5 Å². The molecule has 2 amide bonds. The van der Waals surface area contributed by atoms with Crippen molar-refractivity contribution in [3.8, 4) is 28.4 Å². The smallest absolute Gasteiger partial charge is 0.243 e. The zero-order valence-corrected chi connectivity index (χ0v) is 23.3. The molecule has 1 atom stereocenters. The zero-order chi connectivity index (χ0) is 29.1. The Balaban J connectivity index is 1.51. The number of amides is 2. The fourth-order valence-electron chi connectivity index (χ4n) is 5.37. The Labute approximate surface area is 237 Å². The average molecular weight is 557 g/mol. The third-order valence-electron chi connectivity index (χ3n) is 7.19. The van der Waals surface area contributed by atoms with E-state index in [1.165, 1.54) is 20.1 Å². The quantitative estimate of drug-likeness (QED) is 0.253. The number of nitrogens with one attached hydrogen (secondary N) is 4. The van der Waals surface area contributed by atoms with Gasteiger partial charge in [-0.3, -0.25) is 14.4 Å². The molecular weight excluding hydrogens is 524 g/mol. The SMILES string of the molecule is COc1cc2c(c(OC)c1OC)-c1ccc(NCC(=O)Nc3ccc4[nH]ccc4c3)c(=O)cc1C(NC(C)=O)CC2. The summed E-state index contributed by atoms with van der Waals surface area (Å²) in [4.78, 5) is 41.4. The van der Waals surface area contributed by atoms with E-state index in [1.54, 1.807) is 20.3 Å². The van der Waals surface area contributed by atoms with Gasteiger partial charge in [-0.15, -0.1) is 0 Å². The zero-order valence-electron chi connectivity index (χ0n) is 23.3. The van der Waals surface area contributed by atoms with Crippen molar-refractivity contribution in [2.45, 2.75) is 25.8 Å². The number of methoxy groups -OCH3 is 3. The molecule has 0 fully saturated rings. The van der Waals surface area contributed by atoms with E-state index in [9.17, 15) is 14.4 Å². The van der Waals surface area contributed by atoms with Gasteiger partial charge in [-0.05, 0) is 72.0 Å². The number of ether oxygens (including phenoxy) is 3. The van der Waals surface area contributed by atoms with E-state index in [0.717, 1.165) is 22.0 Å². The Morgan fingerprint density at radius 3 is 2.51 bits per heavy atom. The summed E-state index contributed by atoms with van der Waals surface area (Å²) in [5, 5.41) is 9.80. The molecule has 1 aliphatic carbocycles. The Bertz CT molecular complexity index is 1700. The van der Waals surface area contributed by atoms with E-state index < -0.39 is 6.04 Å². The molecule has 1 unspecified atom stereocenters. The van der Waals surface area contributed by atoms with Crippen molar-refractivity contribution in [3.05, 3.63) is 76.1 Å². The molecule has 10 nitrogen and oxygen atoms in total. The highest BCUT2D eigenvalue weighted by atomic mass is 16.5. The number of hydrogen-bond donors (Lipinski definition) is 4. The highest BCUT2D eigenvalue weighted by Gasteiger charge is 2.29.